The molecule has 0 N–H and O–H groups in total. The van der Waals surface area contributed by atoms with Gasteiger partial charge in [0.2, 0.25) is 0 Å². The average molecular weight is 1610 g/mol. The van der Waals surface area contributed by atoms with Gasteiger partial charge in [-0.1, -0.05) is 292 Å². The molecule has 4 unspecified atom stereocenters. The molecular weight excluding hydrogens is 1490 g/mol. The molecule has 1 fully saturated rings. The van der Waals surface area contributed by atoms with Crippen LogP contribution in [0.15, 0.2) is 307 Å². The number of nitrogens with zero attached hydrogens (tertiary/aromatic N) is 4. The number of hydrogen-bond acceptors (Lipinski definition) is 6. The second kappa shape index (κ2) is 26.7. The number of para-hydroxylation sites is 2. The fraction of sp³-hybridized carbons (Fsp3) is 0.189. The molecule has 0 amide bonds. The Bertz CT molecular complexity index is 8790. The molecular formula is C111H96B2N4OSSi. The Kier molecular flexibility index (Phi) is 10.7. The van der Waals surface area contributed by atoms with E-state index >= 15 is 0 Å². The van der Waals surface area contributed by atoms with Crippen LogP contribution < -0.4 is 73.1 Å². The van der Waals surface area contributed by atoms with E-state index < -0.39 is 147 Å². The summed E-state index contributed by atoms with van der Waals surface area (Å²) in [5.74, 6) is -4.22. The van der Waals surface area contributed by atoms with Gasteiger partial charge in [0, 0.05) is 97.2 Å². The maximum atomic E-state index is 10.1. The van der Waals surface area contributed by atoms with Gasteiger partial charge in [-0.2, -0.15) is 0 Å². The first kappa shape index (κ1) is 48.2. The van der Waals surface area contributed by atoms with Crippen molar-refractivity contribution in [1.29, 1.82) is 0 Å². The Labute approximate surface area is 753 Å². The van der Waals surface area contributed by atoms with E-state index in [1.165, 1.54) is 18.7 Å². The Morgan fingerprint density at radius 1 is 0.475 bits per heavy atom. The van der Waals surface area contributed by atoms with Crippen molar-refractivity contribution in [2.75, 3.05) is 19.6 Å². The van der Waals surface area contributed by atoms with Crippen molar-refractivity contribution in [2.45, 2.75) is 137 Å². The van der Waals surface area contributed by atoms with Crippen LogP contribution in [0.4, 0.5) is 62.6 Å². The van der Waals surface area contributed by atoms with Gasteiger partial charge in [0.05, 0.1) is 48.3 Å². The lowest BCUT2D eigenvalue weighted by Crippen LogP contribution is -2.79. The molecule has 15 aromatic carbocycles. The number of fused-ring (bicyclic) bond motifs is 21. The molecule has 0 bridgehead atoms. The summed E-state index contributed by atoms with van der Waals surface area (Å²) in [6.07, 6.45) is 2.70. The minimum absolute atomic E-state index is 0.0188. The standard InChI is InChI=1S/C62H51BN2OSi.C49H45BN2S/c1-38(2)43-26-30-52-57(36-43)67(46-20-12-8-13-21-46,47-22-14-9-15-23-47)58-37-45(39(3)4)35-50-61(58)65(52)54-33-40(5)32-53-60(54)63(50)49-28-31-56-59(48-24-16-17-25-55(48)66-56)62(49)64(53)51-29-27-44(34-41(51)6)42-18-10-7-11-19-42;1-30-27-39-44-40(28-30)52-45-36(48(5)25-10-11-26-49(48,52)6)15-12-16-37(45)50(44)38-23-24-41-43(35-22-19-33(47(2,3)4)29-42(35)53-41)46(38)51(39)34-20-17-32(18-21-34)31-13-8-7-9-14-31/h7-39H,1-6H3;7-9,12-24,27-29H,10-11,25-26H2,1-6H3/i1D3,3D3,5D3,38D,39D;7D,8D,9D,12D,13D,14D,15D,16D,17D,18D,19D,20D,21D,22D,23D,24D,27D,28D,29D. The maximum absolute atomic E-state index is 10.1. The minimum atomic E-state index is -3.86. The molecule has 5 nitrogen and oxygen atoms in total. The highest BCUT2D eigenvalue weighted by Crippen LogP contribution is 2.63. The zero-order valence-corrected chi connectivity index (χ0v) is 69.3. The molecule has 9 heteroatoms. The van der Waals surface area contributed by atoms with E-state index in [1.807, 2.05) is 149 Å². The molecule has 4 atom stereocenters. The predicted molar refractivity (Wildman–Crippen MR) is 518 cm³/mol. The monoisotopic (exact) mass is 1610 g/mol. The molecule has 6 aliphatic heterocycles. The van der Waals surface area contributed by atoms with Crippen LogP contribution in [0, 0.1) is 20.7 Å². The molecule has 120 heavy (non-hydrogen) atoms. The van der Waals surface area contributed by atoms with Gasteiger partial charge in [-0.05, 0) is 251 Å². The van der Waals surface area contributed by atoms with Crippen LogP contribution in [-0.2, 0) is 10.8 Å². The summed E-state index contributed by atoms with van der Waals surface area (Å²) >= 11 is 0.947. The van der Waals surface area contributed by atoms with Crippen molar-refractivity contribution in [3.8, 4) is 22.3 Å². The number of rotatable bonds is 8. The fourth-order valence-electron chi connectivity index (χ4n) is 21.1. The summed E-state index contributed by atoms with van der Waals surface area (Å²) in [4.78, 5) is 7.55. The van der Waals surface area contributed by atoms with E-state index in [1.54, 1.807) is 25.1 Å². The first-order valence-electron chi connectivity index (χ1n) is 55.9. The highest BCUT2D eigenvalue weighted by Gasteiger charge is 2.62. The Morgan fingerprint density at radius 2 is 1.13 bits per heavy atom. The first-order chi connectivity index (χ1) is 70.5. The topological polar surface area (TPSA) is 26.1 Å². The largest absolute Gasteiger partial charge is 0.456 e. The average Bonchev–Trinajstić information content (AvgIpc) is 1.40. The molecule has 0 saturated heterocycles. The lowest BCUT2D eigenvalue weighted by Gasteiger charge is -2.53. The molecule has 1 aliphatic carbocycles. The van der Waals surface area contributed by atoms with Gasteiger partial charge in [-0.25, -0.2) is 0 Å². The quantitative estimate of drug-likeness (QED) is 0.141. The SMILES string of the molecule is [2H]C([2H])([2H])c1cc2c3c(c1)N(c1ccc(-c4ccccc4)cc1C)c1c(ccc4oc5ccccc5c14)B3c1cc(C([2H])(C)C([2H])([2H])[2H])cc3c1N2c1ccc(C([2H])(C)C([2H])([2H])[2H])cc1[Si]3(c1ccccc1)c1ccccc1.[2H]c1c([2H])c([2H])c(-c2c([2H])c([2H])c(N3c4c([2H])c(C)c([2H])c5c4B(c4c([2H])c([2H])c([2H])c6c4N5C4(C)CCCCC64C)c4c([2H])c([2H])c5sc6c([2H])c(C(C)(C)C)c([2H])c([2H])c6c5c43)c([2H])c2[2H])c([2H])c1[2H]. The van der Waals surface area contributed by atoms with E-state index in [2.05, 4.69) is 77.4 Å². The van der Waals surface area contributed by atoms with Crippen molar-refractivity contribution >= 4 is 191 Å². The van der Waals surface area contributed by atoms with Crippen molar-refractivity contribution in [2.24, 2.45) is 0 Å². The van der Waals surface area contributed by atoms with Crippen LogP contribution in [0.5, 0.6) is 0 Å². The van der Waals surface area contributed by atoms with Crippen molar-refractivity contribution in [3.63, 3.8) is 0 Å². The third kappa shape index (κ3) is 10.3. The molecule has 582 valence electrons. The van der Waals surface area contributed by atoms with Crippen molar-refractivity contribution in [3.05, 3.63) is 342 Å². The number of aryl methyl sites for hydroxylation is 2. The lowest BCUT2D eigenvalue weighted by molar-refractivity contribution is 0.195. The minimum Gasteiger partial charge on any atom is -0.456 e. The molecule has 0 spiro atoms. The van der Waals surface area contributed by atoms with Crippen molar-refractivity contribution < 1.29 is 45.5 Å². The summed E-state index contributed by atoms with van der Waals surface area (Å²) in [5, 5.41) is 5.04. The molecule has 24 rings (SSSR count). The summed E-state index contributed by atoms with van der Waals surface area (Å²) in [6, 6.07) is 51.5. The molecule has 0 radical (unpaired) electrons. The highest BCUT2D eigenvalue weighted by atomic mass is 32.1. The summed E-state index contributed by atoms with van der Waals surface area (Å²) < 4.78 is 287. The van der Waals surface area contributed by atoms with Gasteiger partial charge in [0.15, 0.2) is 8.07 Å². The predicted octanol–water partition coefficient (Wildman–Crippen LogP) is 23.6. The van der Waals surface area contributed by atoms with Gasteiger partial charge in [-0.3, -0.25) is 0 Å². The molecule has 17 aromatic rings. The van der Waals surface area contributed by atoms with Crippen LogP contribution in [0.25, 0.3) is 64.4 Å². The van der Waals surface area contributed by atoms with Crippen LogP contribution in [0.2, 0.25) is 0 Å². The Balaban J connectivity index is 0.000000165. The number of furan rings is 1. The fourth-order valence-corrected chi connectivity index (χ4v) is 27.3. The summed E-state index contributed by atoms with van der Waals surface area (Å²) in [7, 11) is -3.86. The molecule has 7 aliphatic rings. The zero-order valence-electron chi connectivity index (χ0n) is 97.5. The molecule has 2 aromatic heterocycles. The Hall–Kier alpha value is -12.1. The second-order valence-corrected chi connectivity index (χ2v) is 39.2. The molecule has 8 heterocycles. The second-order valence-electron chi connectivity index (χ2n) is 34.5. The van der Waals surface area contributed by atoms with Crippen LogP contribution in [-0.4, -0.2) is 27.0 Å². The lowest BCUT2D eigenvalue weighted by atomic mass is 9.33. The van der Waals surface area contributed by atoms with Gasteiger partial charge in [0.25, 0.3) is 13.4 Å². The Morgan fingerprint density at radius 3 is 1.88 bits per heavy atom. The van der Waals surface area contributed by atoms with E-state index in [9.17, 15) is 26.0 Å². The summed E-state index contributed by atoms with van der Waals surface area (Å²) in [6.45, 7) is 5.82. The number of benzene rings is 15. The van der Waals surface area contributed by atoms with Gasteiger partial charge in [0.1, 0.15) is 11.2 Å². The van der Waals surface area contributed by atoms with E-state index in [-0.39, 0.29) is 136 Å². The smallest absolute Gasteiger partial charge is 0.252 e. The van der Waals surface area contributed by atoms with Crippen molar-refractivity contribution in [1.82, 2.24) is 0 Å². The number of hydrogen-bond donors (Lipinski definition) is 0. The van der Waals surface area contributed by atoms with Gasteiger partial charge < -0.3 is 24.0 Å². The normalized spacial score (nSPS) is 22.1. The van der Waals surface area contributed by atoms with Gasteiger partial charge >= 0.3 is 0 Å². The van der Waals surface area contributed by atoms with E-state index in [0.717, 1.165) is 106 Å². The van der Waals surface area contributed by atoms with E-state index in [4.69, 9.17) is 19.5 Å². The zero-order chi connectivity index (χ0) is 107. The van der Waals surface area contributed by atoms with E-state index in [0.29, 0.717) is 52.3 Å². The highest BCUT2D eigenvalue weighted by molar-refractivity contribution is 7.26. The summed E-state index contributed by atoms with van der Waals surface area (Å²) in [5.41, 5.74) is 8.91. The number of anilines is 11. The van der Waals surface area contributed by atoms with Gasteiger partial charge in [-0.15, -0.1) is 11.3 Å². The first-order valence-corrected chi connectivity index (χ1v) is 43.8. The van der Waals surface area contributed by atoms with Crippen LogP contribution in [0.1, 0.15) is 180 Å². The third-order valence-corrected chi connectivity index (χ3v) is 32.5. The number of thiophene rings is 1. The third-order valence-electron chi connectivity index (χ3n) is 26.7. The van der Waals surface area contributed by atoms with Crippen LogP contribution in [0.3, 0.4) is 0 Å². The van der Waals surface area contributed by atoms with Crippen LogP contribution >= 0.6 is 11.3 Å². The maximum Gasteiger partial charge on any atom is 0.252 e. The molecule has 1 saturated carbocycles.